The van der Waals surface area contributed by atoms with Gasteiger partial charge in [-0.3, -0.25) is 0 Å². The van der Waals surface area contributed by atoms with E-state index in [1.54, 1.807) is 13.2 Å². The van der Waals surface area contributed by atoms with Crippen LogP contribution in [0, 0.1) is 0 Å². The van der Waals surface area contributed by atoms with Crippen LogP contribution in [0.25, 0.3) is 0 Å². The van der Waals surface area contributed by atoms with Gasteiger partial charge in [0.25, 0.3) is 0 Å². The monoisotopic (exact) mass is 309 g/mol. The van der Waals surface area contributed by atoms with Crippen molar-refractivity contribution in [2.24, 2.45) is 0 Å². The molecule has 0 spiro atoms. The Balaban J connectivity index is 2.23. The fourth-order valence-electron chi connectivity index (χ4n) is 2.15. The van der Waals surface area contributed by atoms with Gasteiger partial charge in [0.05, 0.1) is 7.11 Å². The topological polar surface area (TPSA) is 21.3 Å². The van der Waals surface area contributed by atoms with E-state index in [4.69, 9.17) is 27.9 Å². The third kappa shape index (κ3) is 3.66. The quantitative estimate of drug-likeness (QED) is 0.877. The van der Waals surface area contributed by atoms with Crippen molar-refractivity contribution >= 4 is 23.2 Å². The van der Waals surface area contributed by atoms with E-state index in [1.165, 1.54) is 0 Å². The van der Waals surface area contributed by atoms with Gasteiger partial charge >= 0.3 is 0 Å². The highest BCUT2D eigenvalue weighted by atomic mass is 35.5. The lowest BCUT2D eigenvalue weighted by Crippen LogP contribution is -2.19. The van der Waals surface area contributed by atoms with E-state index in [0.29, 0.717) is 10.0 Å². The molecule has 2 aromatic carbocycles. The highest BCUT2D eigenvalue weighted by Gasteiger charge is 2.13. The number of benzene rings is 2. The van der Waals surface area contributed by atoms with E-state index in [1.807, 2.05) is 37.4 Å². The predicted octanol–water partition coefficient (Wildman–Crippen LogP) is 4.51. The summed E-state index contributed by atoms with van der Waals surface area (Å²) in [6.45, 7) is 0. The van der Waals surface area contributed by atoms with Crippen LogP contribution in [0.4, 0.5) is 0 Å². The van der Waals surface area contributed by atoms with Gasteiger partial charge in [-0.25, -0.2) is 0 Å². The Morgan fingerprint density at radius 2 is 1.95 bits per heavy atom. The van der Waals surface area contributed by atoms with Crippen LogP contribution in [-0.4, -0.2) is 14.2 Å². The molecule has 1 atom stereocenters. The van der Waals surface area contributed by atoms with Crippen LogP contribution in [0.1, 0.15) is 17.2 Å². The smallest absolute Gasteiger partial charge is 0.119 e. The summed E-state index contributed by atoms with van der Waals surface area (Å²) >= 11 is 12.2. The molecule has 1 unspecified atom stereocenters. The number of methoxy groups -OCH3 is 1. The standard InChI is InChI=1S/C16H17Cl2NO/c1-19-16(12-4-3-5-14(8-12)20-2)9-11-6-7-13(17)10-15(11)18/h3-8,10,16,19H,9H2,1-2H3. The summed E-state index contributed by atoms with van der Waals surface area (Å²) in [4.78, 5) is 0. The number of hydrogen-bond donors (Lipinski definition) is 1. The van der Waals surface area contributed by atoms with Gasteiger partial charge in [0.15, 0.2) is 0 Å². The molecule has 20 heavy (non-hydrogen) atoms. The van der Waals surface area contributed by atoms with Crippen molar-refractivity contribution in [1.82, 2.24) is 5.32 Å². The van der Waals surface area contributed by atoms with Crippen LogP contribution in [0.5, 0.6) is 5.75 Å². The molecule has 0 bridgehead atoms. The first kappa shape index (κ1) is 15.2. The summed E-state index contributed by atoms with van der Waals surface area (Å²) in [6, 6.07) is 13.8. The SMILES string of the molecule is CNC(Cc1ccc(Cl)cc1Cl)c1cccc(OC)c1. The fraction of sp³-hybridized carbons (Fsp3) is 0.250. The van der Waals surface area contributed by atoms with Crippen LogP contribution in [-0.2, 0) is 6.42 Å². The maximum Gasteiger partial charge on any atom is 0.119 e. The molecule has 0 aliphatic heterocycles. The maximum absolute atomic E-state index is 6.24. The van der Waals surface area contributed by atoms with E-state index >= 15 is 0 Å². The van der Waals surface area contributed by atoms with Crippen LogP contribution in [0.15, 0.2) is 42.5 Å². The van der Waals surface area contributed by atoms with E-state index in [0.717, 1.165) is 23.3 Å². The third-order valence-corrected chi connectivity index (χ3v) is 3.87. The Bertz CT molecular complexity index is 586. The molecule has 1 N–H and O–H groups in total. The maximum atomic E-state index is 6.24. The van der Waals surface area contributed by atoms with Crippen molar-refractivity contribution in [2.75, 3.05) is 14.2 Å². The number of ether oxygens (including phenoxy) is 1. The summed E-state index contributed by atoms with van der Waals surface area (Å²) in [7, 11) is 3.61. The lowest BCUT2D eigenvalue weighted by atomic mass is 9.99. The minimum absolute atomic E-state index is 0.170. The van der Waals surface area contributed by atoms with Crippen LogP contribution < -0.4 is 10.1 Å². The minimum atomic E-state index is 0.170. The van der Waals surface area contributed by atoms with E-state index < -0.39 is 0 Å². The molecular formula is C16H17Cl2NO. The van der Waals surface area contributed by atoms with Gasteiger partial charge in [-0.15, -0.1) is 0 Å². The Labute approximate surface area is 129 Å². The molecule has 106 valence electrons. The largest absolute Gasteiger partial charge is 0.497 e. The summed E-state index contributed by atoms with van der Waals surface area (Å²) in [5.41, 5.74) is 2.23. The average molecular weight is 310 g/mol. The van der Waals surface area contributed by atoms with E-state index in [-0.39, 0.29) is 6.04 Å². The summed E-state index contributed by atoms with van der Waals surface area (Å²) in [5, 5.41) is 4.66. The molecule has 0 saturated heterocycles. The zero-order valence-electron chi connectivity index (χ0n) is 11.5. The number of rotatable bonds is 5. The van der Waals surface area contributed by atoms with Crippen molar-refractivity contribution in [3.63, 3.8) is 0 Å². The molecule has 0 aromatic heterocycles. The second-order valence-corrected chi connectivity index (χ2v) is 5.40. The Hall–Kier alpha value is -1.22. The zero-order chi connectivity index (χ0) is 14.5. The highest BCUT2D eigenvalue weighted by Crippen LogP contribution is 2.27. The first-order valence-corrected chi connectivity index (χ1v) is 7.14. The first-order valence-electron chi connectivity index (χ1n) is 6.39. The van der Waals surface area contributed by atoms with Crippen molar-refractivity contribution in [1.29, 1.82) is 0 Å². The highest BCUT2D eigenvalue weighted by molar-refractivity contribution is 6.35. The third-order valence-electron chi connectivity index (χ3n) is 3.28. The zero-order valence-corrected chi connectivity index (χ0v) is 13.0. The van der Waals surface area contributed by atoms with Crippen molar-refractivity contribution in [3.8, 4) is 5.75 Å². The molecule has 4 heteroatoms. The van der Waals surface area contributed by atoms with Gasteiger partial charge in [0, 0.05) is 16.1 Å². The molecule has 2 aromatic rings. The van der Waals surface area contributed by atoms with Crippen molar-refractivity contribution < 1.29 is 4.74 Å². The second-order valence-electron chi connectivity index (χ2n) is 4.56. The van der Waals surface area contributed by atoms with Crippen molar-refractivity contribution in [3.05, 3.63) is 63.6 Å². The summed E-state index contributed by atoms with van der Waals surface area (Å²) in [6.07, 6.45) is 0.791. The Morgan fingerprint density at radius 1 is 1.15 bits per heavy atom. The molecule has 0 aliphatic carbocycles. The fourth-order valence-corrected chi connectivity index (χ4v) is 2.64. The van der Waals surface area contributed by atoms with Crippen LogP contribution in [0.3, 0.4) is 0 Å². The molecule has 0 radical (unpaired) electrons. The minimum Gasteiger partial charge on any atom is -0.497 e. The van der Waals surface area contributed by atoms with Gasteiger partial charge < -0.3 is 10.1 Å². The lowest BCUT2D eigenvalue weighted by Gasteiger charge is -2.18. The molecule has 0 aliphatic rings. The van der Waals surface area contributed by atoms with Gasteiger partial charge in [0.1, 0.15) is 5.75 Å². The number of hydrogen-bond acceptors (Lipinski definition) is 2. The average Bonchev–Trinajstić information content (AvgIpc) is 2.46. The lowest BCUT2D eigenvalue weighted by molar-refractivity contribution is 0.413. The molecular weight excluding hydrogens is 293 g/mol. The predicted molar refractivity (Wildman–Crippen MR) is 85.0 cm³/mol. The number of likely N-dealkylation sites (N-methyl/N-ethyl adjacent to an activating group) is 1. The number of nitrogens with one attached hydrogen (secondary N) is 1. The summed E-state index contributed by atoms with van der Waals surface area (Å²) < 4.78 is 5.27. The Kier molecular flexibility index (Phi) is 5.30. The molecule has 0 amide bonds. The van der Waals surface area contributed by atoms with E-state index in [9.17, 15) is 0 Å². The first-order chi connectivity index (χ1) is 9.63. The van der Waals surface area contributed by atoms with Gasteiger partial charge in [-0.2, -0.15) is 0 Å². The van der Waals surface area contributed by atoms with Gasteiger partial charge in [0.2, 0.25) is 0 Å². The van der Waals surface area contributed by atoms with Crippen LogP contribution >= 0.6 is 23.2 Å². The molecule has 2 nitrogen and oxygen atoms in total. The van der Waals surface area contributed by atoms with Crippen LogP contribution in [0.2, 0.25) is 10.0 Å². The molecule has 0 heterocycles. The van der Waals surface area contributed by atoms with E-state index in [2.05, 4.69) is 11.4 Å². The van der Waals surface area contributed by atoms with Gasteiger partial charge in [-0.1, -0.05) is 41.4 Å². The molecule has 0 fully saturated rings. The second kappa shape index (κ2) is 6.98. The van der Waals surface area contributed by atoms with Crippen molar-refractivity contribution in [2.45, 2.75) is 12.5 Å². The molecule has 0 saturated carbocycles. The van der Waals surface area contributed by atoms with Gasteiger partial charge in [-0.05, 0) is 48.9 Å². The number of halogens is 2. The molecule has 2 rings (SSSR count). The summed E-state index contributed by atoms with van der Waals surface area (Å²) in [5.74, 6) is 0.852. The Morgan fingerprint density at radius 3 is 2.60 bits per heavy atom. The normalized spacial score (nSPS) is 12.2.